The van der Waals surface area contributed by atoms with Crippen molar-refractivity contribution >= 4 is 56.4 Å². The summed E-state index contributed by atoms with van der Waals surface area (Å²) < 4.78 is 6.51. The Morgan fingerprint density at radius 2 is 1.09 bits per heavy atom. The van der Waals surface area contributed by atoms with Crippen molar-refractivity contribution in [2.24, 2.45) is 10.7 Å². The molecule has 0 saturated carbocycles. The molecule has 0 spiro atoms. The summed E-state index contributed by atoms with van der Waals surface area (Å²) in [6.07, 6.45) is 4.10. The molecule has 4 N–H and O–H groups in total. The lowest BCUT2D eigenvalue weighted by molar-refractivity contribution is 0.664. The smallest absolute Gasteiger partial charge is 0.145 e. The van der Waals surface area contributed by atoms with Gasteiger partial charge >= 0.3 is 0 Å². The minimum Gasteiger partial charge on any atom is -0.456 e. The summed E-state index contributed by atoms with van der Waals surface area (Å²) in [5, 5.41) is 9.74. The third-order valence-electron chi connectivity index (χ3n) is 13.2. The number of allylic oxidation sites excluding steroid dienone is 1. The van der Waals surface area contributed by atoms with Gasteiger partial charge in [-0.15, -0.1) is 0 Å². The van der Waals surface area contributed by atoms with Crippen molar-refractivity contribution in [3.8, 4) is 22.3 Å². The highest BCUT2D eigenvalue weighted by Crippen LogP contribution is 2.45. The van der Waals surface area contributed by atoms with Crippen molar-refractivity contribution in [3.05, 3.63) is 281 Å². The highest BCUT2D eigenvalue weighted by molar-refractivity contribution is 6.16. The van der Waals surface area contributed by atoms with Crippen LogP contribution in [0.2, 0.25) is 0 Å². The fourth-order valence-electron chi connectivity index (χ4n) is 9.80. The number of benzene rings is 9. The molecule has 12 rings (SSSR count). The molecule has 324 valence electrons. The van der Waals surface area contributed by atoms with Gasteiger partial charge in [0.1, 0.15) is 17.3 Å². The number of rotatable bonds is 9. The largest absolute Gasteiger partial charge is 0.456 e. The molecule has 68 heavy (non-hydrogen) atoms. The normalized spacial score (nSPS) is 15.6. The highest BCUT2D eigenvalue weighted by atomic mass is 16.3. The van der Waals surface area contributed by atoms with Crippen LogP contribution in [0.25, 0.3) is 72.9 Å². The number of nitrogens with two attached hydrogens (primary N) is 1. The first kappa shape index (κ1) is 40.7. The number of hydrogen-bond acceptors (Lipinski definition) is 5. The maximum absolute atomic E-state index is 7.51. The van der Waals surface area contributed by atoms with E-state index < -0.39 is 6.04 Å². The number of aliphatic imine (C=N–C) groups is 1. The van der Waals surface area contributed by atoms with Crippen molar-refractivity contribution in [2.75, 3.05) is 0 Å². The van der Waals surface area contributed by atoms with Crippen LogP contribution in [0.5, 0.6) is 0 Å². The van der Waals surface area contributed by atoms with Crippen molar-refractivity contribution in [1.29, 1.82) is 0 Å². The van der Waals surface area contributed by atoms with Gasteiger partial charge in [-0.3, -0.25) is 4.99 Å². The first-order valence-electron chi connectivity index (χ1n) is 23.1. The topological polar surface area (TPSA) is 75.6 Å². The Hall–Kier alpha value is -8.77. The Morgan fingerprint density at radius 1 is 0.485 bits per heavy atom. The van der Waals surface area contributed by atoms with E-state index in [1.807, 2.05) is 30.3 Å². The molecule has 1 aromatic heterocycles. The van der Waals surface area contributed by atoms with Gasteiger partial charge in [0, 0.05) is 38.9 Å². The van der Waals surface area contributed by atoms with E-state index in [0.29, 0.717) is 0 Å². The number of nitrogens with one attached hydrogen (secondary N) is 2. The number of hydrogen-bond donors (Lipinski definition) is 3. The molecule has 0 saturated heterocycles. The van der Waals surface area contributed by atoms with Gasteiger partial charge in [0.15, 0.2) is 0 Å². The van der Waals surface area contributed by atoms with Gasteiger partial charge in [0.2, 0.25) is 0 Å². The summed E-state index contributed by atoms with van der Waals surface area (Å²) in [6.45, 7) is 0. The maximum Gasteiger partial charge on any atom is 0.145 e. The van der Waals surface area contributed by atoms with Crippen molar-refractivity contribution in [3.63, 3.8) is 0 Å². The van der Waals surface area contributed by atoms with Gasteiger partial charge in [-0.25, -0.2) is 0 Å². The van der Waals surface area contributed by atoms with Crippen molar-refractivity contribution in [2.45, 2.75) is 12.2 Å². The fraction of sp³-hybridized carbons (Fsp3) is 0.0317. The Bertz CT molecular complexity index is 3590. The molecule has 5 nitrogen and oxygen atoms in total. The maximum atomic E-state index is 7.51. The van der Waals surface area contributed by atoms with E-state index in [4.69, 9.17) is 15.1 Å². The van der Waals surface area contributed by atoms with E-state index in [2.05, 4.69) is 223 Å². The summed E-state index contributed by atoms with van der Waals surface area (Å²) in [6, 6.07) is 80.2. The van der Waals surface area contributed by atoms with Crippen LogP contribution in [0.4, 0.5) is 0 Å². The monoisotopic (exact) mass is 874 g/mol. The van der Waals surface area contributed by atoms with Crippen LogP contribution < -0.4 is 16.4 Å². The van der Waals surface area contributed by atoms with Gasteiger partial charge in [0.25, 0.3) is 0 Å². The fourth-order valence-corrected chi connectivity index (χ4v) is 9.80. The first-order valence-corrected chi connectivity index (χ1v) is 23.1. The second kappa shape index (κ2) is 17.6. The van der Waals surface area contributed by atoms with Crippen molar-refractivity contribution in [1.82, 2.24) is 10.6 Å². The van der Waals surface area contributed by atoms with Crippen LogP contribution in [0.3, 0.4) is 0 Å². The van der Waals surface area contributed by atoms with Crippen LogP contribution in [-0.4, -0.2) is 5.71 Å². The van der Waals surface area contributed by atoms with Gasteiger partial charge in [-0.2, -0.15) is 0 Å². The second-order valence-electron chi connectivity index (χ2n) is 17.3. The van der Waals surface area contributed by atoms with Gasteiger partial charge in [-0.1, -0.05) is 218 Å². The number of nitrogens with zero attached hydrogens (tertiary/aromatic N) is 1. The lowest BCUT2D eigenvalue weighted by Crippen LogP contribution is -2.24. The lowest BCUT2D eigenvalue weighted by atomic mass is 9.85. The van der Waals surface area contributed by atoms with Crippen LogP contribution in [0, 0.1) is 0 Å². The Kier molecular flexibility index (Phi) is 10.5. The third kappa shape index (κ3) is 7.61. The number of furan rings is 1. The number of fused-ring (bicyclic) bond motifs is 4. The summed E-state index contributed by atoms with van der Waals surface area (Å²) in [4.78, 5) is 5.24. The van der Waals surface area contributed by atoms with Gasteiger partial charge < -0.3 is 20.8 Å². The quantitative estimate of drug-likeness (QED) is 0.135. The van der Waals surface area contributed by atoms with E-state index in [-0.39, 0.29) is 6.17 Å². The van der Waals surface area contributed by atoms with E-state index in [0.717, 1.165) is 117 Å². The molecule has 0 amide bonds. The van der Waals surface area contributed by atoms with E-state index in [1.54, 1.807) is 0 Å². The van der Waals surface area contributed by atoms with Crippen molar-refractivity contribution < 1.29 is 4.42 Å². The Labute approximate surface area is 396 Å². The molecule has 2 aliphatic heterocycles. The third-order valence-corrected chi connectivity index (χ3v) is 13.2. The molecule has 0 radical (unpaired) electrons. The van der Waals surface area contributed by atoms with E-state index in [9.17, 15) is 0 Å². The molecular formula is C63H46N4O. The number of para-hydroxylation sites is 1. The predicted molar refractivity (Wildman–Crippen MR) is 282 cm³/mol. The molecule has 0 aliphatic carbocycles. The zero-order chi connectivity index (χ0) is 45.4. The Morgan fingerprint density at radius 3 is 1.81 bits per heavy atom. The van der Waals surface area contributed by atoms with Crippen LogP contribution in [0.15, 0.2) is 246 Å². The standard InChI is InChI=1S/C63H46N4O/c64-61(59(45-23-11-4-12-24-45)62-51-26-14-13-25-49(51)39-53(65-62)42-17-5-1-6-18-42)47-33-31-46(32-34-47)58-50(37-38-57-60(58)52-27-15-16-28-56(52)68-57)41-29-35-48(36-30-41)63-66-54(43-19-7-2-8-20-43)40-55(67-63)44-21-9-3-10-22-44/h1-40,61,63,65-66H,64H2/b62-59-. The zero-order valence-electron chi connectivity index (χ0n) is 37.2. The summed E-state index contributed by atoms with van der Waals surface area (Å²) in [5.74, 6) is 0. The van der Waals surface area contributed by atoms with E-state index >= 15 is 0 Å². The molecule has 9 aromatic carbocycles. The van der Waals surface area contributed by atoms with Crippen LogP contribution in [0.1, 0.15) is 56.7 Å². The molecule has 5 heteroatoms. The predicted octanol–water partition coefficient (Wildman–Crippen LogP) is 14.7. The SMILES string of the molecule is NC(/C(=C1\NC(c2ccccc2)=Cc2ccccc21)c1ccccc1)c1ccc(-c2c(-c3ccc(C4N=C(c5ccccc5)C=C(c5ccccc5)N4)cc3)ccc3oc4ccccc4c23)cc1. The second-order valence-corrected chi connectivity index (χ2v) is 17.3. The highest BCUT2D eigenvalue weighted by Gasteiger charge is 2.26. The summed E-state index contributed by atoms with van der Waals surface area (Å²) >= 11 is 0. The molecule has 0 fully saturated rings. The molecule has 2 atom stereocenters. The first-order chi connectivity index (χ1) is 33.6. The molecular weight excluding hydrogens is 829 g/mol. The minimum absolute atomic E-state index is 0.273. The van der Waals surface area contributed by atoms with Gasteiger partial charge in [0.05, 0.1) is 17.5 Å². The lowest BCUT2D eigenvalue weighted by Gasteiger charge is -2.28. The molecule has 10 aromatic rings. The summed E-state index contributed by atoms with van der Waals surface area (Å²) in [7, 11) is 0. The van der Waals surface area contributed by atoms with Crippen LogP contribution >= 0.6 is 0 Å². The van der Waals surface area contributed by atoms with E-state index in [1.165, 1.54) is 0 Å². The van der Waals surface area contributed by atoms with Gasteiger partial charge in [-0.05, 0) is 79.9 Å². The average Bonchev–Trinajstić information content (AvgIpc) is 3.80. The minimum atomic E-state index is -0.453. The zero-order valence-corrected chi connectivity index (χ0v) is 37.2. The molecule has 0 bridgehead atoms. The average molecular weight is 875 g/mol. The molecule has 2 aliphatic rings. The van der Waals surface area contributed by atoms with Crippen LogP contribution in [-0.2, 0) is 0 Å². The molecule has 3 heterocycles. The molecule has 2 unspecified atom stereocenters. The summed E-state index contributed by atoms with van der Waals surface area (Å²) in [5.41, 5.74) is 27.4. The Balaban J connectivity index is 0.943.